The van der Waals surface area contributed by atoms with Crippen LogP contribution in [0.2, 0.25) is 0 Å². The first-order valence-corrected chi connectivity index (χ1v) is 4.42. The van der Waals surface area contributed by atoms with Crippen LogP contribution in [0.15, 0.2) is 0 Å². The monoisotopic (exact) mass is 155 g/mol. The summed E-state index contributed by atoms with van der Waals surface area (Å²) < 4.78 is 0. The lowest BCUT2D eigenvalue weighted by Gasteiger charge is -2.17. The molecule has 11 heavy (non-hydrogen) atoms. The Hall–Kier alpha value is -0.530. The van der Waals surface area contributed by atoms with Crippen molar-refractivity contribution in [2.75, 3.05) is 6.54 Å². The van der Waals surface area contributed by atoms with Crippen LogP contribution in [0, 0.1) is 11.3 Å². The summed E-state index contributed by atoms with van der Waals surface area (Å²) in [5.74, 6) is 0.754. The van der Waals surface area contributed by atoms with E-state index in [0.29, 0.717) is 5.92 Å². The van der Waals surface area contributed by atoms with Gasteiger partial charge in [-0.05, 0) is 25.7 Å². The normalized spacial score (nSPS) is 20.0. The zero-order valence-electron chi connectivity index (χ0n) is 7.61. The predicted octanol–water partition coefficient (Wildman–Crippen LogP) is 1.56. The van der Waals surface area contributed by atoms with Gasteiger partial charge in [-0.25, -0.2) is 0 Å². The lowest BCUT2D eigenvalue weighted by molar-refractivity contribution is -0.127. The van der Waals surface area contributed by atoms with Gasteiger partial charge in [0.05, 0.1) is 5.41 Å². The molecule has 0 bridgehead atoms. The van der Waals surface area contributed by atoms with Crippen molar-refractivity contribution in [3.8, 4) is 0 Å². The second-order valence-corrected chi connectivity index (χ2v) is 3.67. The summed E-state index contributed by atoms with van der Waals surface area (Å²) in [5, 5.41) is 2.89. The summed E-state index contributed by atoms with van der Waals surface area (Å²) in [6.45, 7) is 6.98. The average molecular weight is 155 g/mol. The van der Waals surface area contributed by atoms with E-state index in [2.05, 4.69) is 19.2 Å². The first-order valence-electron chi connectivity index (χ1n) is 4.42. The summed E-state index contributed by atoms with van der Waals surface area (Å²) in [7, 11) is 0. The number of carbonyl (C=O) groups excluding carboxylic acids is 1. The van der Waals surface area contributed by atoms with Gasteiger partial charge in [0.15, 0.2) is 0 Å². The lowest BCUT2D eigenvalue weighted by atomic mass is 9.91. The van der Waals surface area contributed by atoms with E-state index in [0.717, 1.165) is 19.4 Å². The Labute approximate surface area is 68.4 Å². The van der Waals surface area contributed by atoms with E-state index in [-0.39, 0.29) is 11.3 Å². The van der Waals surface area contributed by atoms with Gasteiger partial charge in [0.2, 0.25) is 5.91 Å². The van der Waals surface area contributed by atoms with Crippen molar-refractivity contribution in [1.82, 2.24) is 5.32 Å². The molecule has 0 heterocycles. The zero-order chi connectivity index (χ0) is 8.48. The highest BCUT2D eigenvalue weighted by Crippen LogP contribution is 2.51. The van der Waals surface area contributed by atoms with Crippen LogP contribution in [-0.2, 0) is 4.79 Å². The standard InChI is InChI=1S/C9H17NO/c1-4-10-8(11)9(5-6-9)7(2)3/h7H,4-6H2,1-3H3,(H,10,11). The highest BCUT2D eigenvalue weighted by atomic mass is 16.2. The Bertz CT molecular complexity index is 159. The van der Waals surface area contributed by atoms with Crippen LogP contribution in [0.25, 0.3) is 0 Å². The van der Waals surface area contributed by atoms with Gasteiger partial charge < -0.3 is 5.32 Å². The van der Waals surface area contributed by atoms with Gasteiger partial charge >= 0.3 is 0 Å². The molecule has 0 atom stereocenters. The van der Waals surface area contributed by atoms with Crippen molar-refractivity contribution in [3.63, 3.8) is 0 Å². The average Bonchev–Trinajstić information content (AvgIpc) is 2.66. The summed E-state index contributed by atoms with van der Waals surface area (Å²) >= 11 is 0. The smallest absolute Gasteiger partial charge is 0.226 e. The van der Waals surface area contributed by atoms with E-state index in [1.54, 1.807) is 0 Å². The zero-order valence-corrected chi connectivity index (χ0v) is 7.61. The molecular formula is C9H17NO. The molecule has 2 heteroatoms. The van der Waals surface area contributed by atoms with Crippen molar-refractivity contribution < 1.29 is 4.79 Å². The molecule has 0 aromatic carbocycles. The first-order chi connectivity index (χ1) is 5.13. The largest absolute Gasteiger partial charge is 0.356 e. The molecule has 1 rings (SSSR count). The van der Waals surface area contributed by atoms with Crippen LogP contribution in [0.5, 0.6) is 0 Å². The Kier molecular flexibility index (Phi) is 2.21. The molecule has 2 nitrogen and oxygen atoms in total. The number of hydrogen-bond acceptors (Lipinski definition) is 1. The van der Waals surface area contributed by atoms with Crippen molar-refractivity contribution in [2.24, 2.45) is 11.3 Å². The summed E-state index contributed by atoms with van der Waals surface area (Å²) in [4.78, 5) is 11.5. The first kappa shape index (κ1) is 8.57. The van der Waals surface area contributed by atoms with Gasteiger partial charge in [-0.15, -0.1) is 0 Å². The molecule has 0 aliphatic heterocycles. The minimum Gasteiger partial charge on any atom is -0.356 e. The molecule has 0 spiro atoms. The lowest BCUT2D eigenvalue weighted by Crippen LogP contribution is -2.34. The molecule has 0 saturated heterocycles. The van der Waals surface area contributed by atoms with E-state index >= 15 is 0 Å². The molecule has 1 fully saturated rings. The third-order valence-electron chi connectivity index (χ3n) is 2.68. The van der Waals surface area contributed by atoms with Gasteiger partial charge in [0.25, 0.3) is 0 Å². The molecule has 1 N–H and O–H groups in total. The van der Waals surface area contributed by atoms with Crippen molar-refractivity contribution in [2.45, 2.75) is 33.6 Å². The van der Waals surface area contributed by atoms with Crippen LogP contribution >= 0.6 is 0 Å². The van der Waals surface area contributed by atoms with Gasteiger partial charge in [0, 0.05) is 6.54 Å². The summed E-state index contributed by atoms with van der Waals surface area (Å²) in [5.41, 5.74) is 0.00993. The van der Waals surface area contributed by atoms with Crippen molar-refractivity contribution in [1.29, 1.82) is 0 Å². The van der Waals surface area contributed by atoms with Gasteiger partial charge in [-0.2, -0.15) is 0 Å². The molecule has 1 aliphatic rings. The van der Waals surface area contributed by atoms with Crippen molar-refractivity contribution in [3.05, 3.63) is 0 Å². The number of carbonyl (C=O) groups is 1. The minimum absolute atomic E-state index is 0.00993. The molecule has 1 aliphatic carbocycles. The van der Waals surface area contributed by atoms with E-state index in [9.17, 15) is 4.79 Å². The van der Waals surface area contributed by atoms with Crippen LogP contribution < -0.4 is 5.32 Å². The molecule has 0 aromatic rings. The summed E-state index contributed by atoms with van der Waals surface area (Å²) in [6, 6.07) is 0. The molecule has 1 saturated carbocycles. The minimum atomic E-state index is 0.00993. The van der Waals surface area contributed by atoms with Crippen LogP contribution in [0.3, 0.4) is 0 Å². The van der Waals surface area contributed by atoms with E-state index in [1.807, 2.05) is 6.92 Å². The molecule has 0 unspecified atom stereocenters. The maximum Gasteiger partial charge on any atom is 0.226 e. The Morgan fingerprint density at radius 2 is 2.09 bits per heavy atom. The van der Waals surface area contributed by atoms with E-state index < -0.39 is 0 Å². The Balaban J connectivity index is 2.51. The third kappa shape index (κ3) is 1.39. The molecule has 1 amide bonds. The Morgan fingerprint density at radius 1 is 1.55 bits per heavy atom. The maximum atomic E-state index is 11.5. The van der Waals surface area contributed by atoms with Gasteiger partial charge in [-0.3, -0.25) is 4.79 Å². The molecular weight excluding hydrogens is 138 g/mol. The number of rotatable bonds is 3. The summed E-state index contributed by atoms with van der Waals surface area (Å²) in [6.07, 6.45) is 2.16. The van der Waals surface area contributed by atoms with E-state index in [1.165, 1.54) is 0 Å². The Morgan fingerprint density at radius 3 is 2.36 bits per heavy atom. The highest BCUT2D eigenvalue weighted by Gasteiger charge is 2.51. The second-order valence-electron chi connectivity index (χ2n) is 3.67. The van der Waals surface area contributed by atoms with Gasteiger partial charge in [0.1, 0.15) is 0 Å². The van der Waals surface area contributed by atoms with Crippen LogP contribution in [-0.4, -0.2) is 12.5 Å². The molecule has 64 valence electrons. The fourth-order valence-electron chi connectivity index (χ4n) is 1.54. The van der Waals surface area contributed by atoms with Gasteiger partial charge in [-0.1, -0.05) is 13.8 Å². The second kappa shape index (κ2) is 2.84. The fraction of sp³-hybridized carbons (Fsp3) is 0.889. The number of hydrogen-bond donors (Lipinski definition) is 1. The van der Waals surface area contributed by atoms with Crippen molar-refractivity contribution >= 4 is 5.91 Å². The quantitative estimate of drug-likeness (QED) is 0.658. The van der Waals surface area contributed by atoms with Crippen LogP contribution in [0.1, 0.15) is 33.6 Å². The third-order valence-corrected chi connectivity index (χ3v) is 2.68. The SMILES string of the molecule is CCNC(=O)C1(C(C)C)CC1. The number of amides is 1. The maximum absolute atomic E-state index is 11.5. The van der Waals surface area contributed by atoms with Crippen LogP contribution in [0.4, 0.5) is 0 Å². The topological polar surface area (TPSA) is 29.1 Å². The molecule has 0 radical (unpaired) electrons. The fourth-order valence-corrected chi connectivity index (χ4v) is 1.54. The number of nitrogens with one attached hydrogen (secondary N) is 1. The predicted molar refractivity (Wildman–Crippen MR) is 45.2 cm³/mol. The van der Waals surface area contributed by atoms with E-state index in [4.69, 9.17) is 0 Å². The molecule has 0 aromatic heterocycles. The highest BCUT2D eigenvalue weighted by molar-refractivity contribution is 5.85.